The molecule has 0 aliphatic carbocycles. The Morgan fingerprint density at radius 1 is 1.50 bits per heavy atom. The first-order valence-electron chi connectivity index (χ1n) is 5.04. The molecular formula is C10H9BrN4O. The van der Waals surface area contributed by atoms with Gasteiger partial charge in [0.2, 0.25) is 0 Å². The van der Waals surface area contributed by atoms with Crippen molar-refractivity contribution in [3.8, 4) is 0 Å². The molecule has 2 aromatic heterocycles. The van der Waals surface area contributed by atoms with Gasteiger partial charge >= 0.3 is 0 Å². The Labute approximate surface area is 100.0 Å². The van der Waals surface area contributed by atoms with Crippen molar-refractivity contribution in [1.29, 1.82) is 0 Å². The number of hydrogen-bond donors (Lipinski definition) is 1. The Morgan fingerprint density at radius 3 is 3.00 bits per heavy atom. The summed E-state index contributed by atoms with van der Waals surface area (Å²) in [4.78, 5) is 18.0. The minimum Gasteiger partial charge on any atom is -0.337 e. The Morgan fingerprint density at radius 2 is 2.31 bits per heavy atom. The van der Waals surface area contributed by atoms with Crippen molar-refractivity contribution in [3.63, 3.8) is 0 Å². The number of aromatic amines is 1. The molecule has 2 aromatic rings. The highest BCUT2D eigenvalue weighted by atomic mass is 79.9. The number of halogens is 1. The van der Waals surface area contributed by atoms with Crippen LogP contribution in [0.1, 0.15) is 16.9 Å². The van der Waals surface area contributed by atoms with Crippen LogP contribution in [0.4, 0.5) is 0 Å². The number of rotatable bonds is 1. The summed E-state index contributed by atoms with van der Waals surface area (Å²) in [5, 5.41) is 7.55. The monoisotopic (exact) mass is 280 g/mol. The first kappa shape index (κ1) is 9.77. The van der Waals surface area contributed by atoms with Crippen LogP contribution in [0, 0.1) is 0 Å². The van der Waals surface area contributed by atoms with E-state index in [4.69, 9.17) is 0 Å². The van der Waals surface area contributed by atoms with Gasteiger partial charge in [-0.2, -0.15) is 5.10 Å². The summed E-state index contributed by atoms with van der Waals surface area (Å²) in [7, 11) is 0. The summed E-state index contributed by atoms with van der Waals surface area (Å²) in [5.74, 6) is 0.00801. The fraction of sp³-hybridized carbons (Fsp3) is 0.300. The third kappa shape index (κ3) is 1.41. The molecule has 0 radical (unpaired) electrons. The maximum atomic E-state index is 12.0. The predicted molar refractivity (Wildman–Crippen MR) is 62.1 cm³/mol. The minimum atomic E-state index is 0.00801. The van der Waals surface area contributed by atoms with E-state index < -0.39 is 0 Å². The van der Waals surface area contributed by atoms with Gasteiger partial charge in [-0.05, 0) is 28.4 Å². The zero-order valence-electron chi connectivity index (χ0n) is 8.40. The molecule has 1 amide bonds. The third-order valence-electron chi connectivity index (χ3n) is 2.73. The molecule has 0 saturated carbocycles. The predicted octanol–water partition coefficient (Wildman–Crippen LogP) is 1.57. The molecule has 3 heterocycles. The van der Waals surface area contributed by atoms with Crippen LogP contribution in [0.3, 0.4) is 0 Å². The number of hydrogen-bond acceptors (Lipinski definition) is 3. The van der Waals surface area contributed by atoms with Crippen LogP contribution in [0.25, 0.3) is 11.0 Å². The van der Waals surface area contributed by atoms with Crippen LogP contribution in [0.15, 0.2) is 16.7 Å². The van der Waals surface area contributed by atoms with Crippen LogP contribution in [0.2, 0.25) is 0 Å². The fourth-order valence-corrected chi connectivity index (χ4v) is 2.05. The van der Waals surface area contributed by atoms with Gasteiger partial charge in [0.25, 0.3) is 5.91 Å². The van der Waals surface area contributed by atoms with Gasteiger partial charge in [0.1, 0.15) is 5.69 Å². The SMILES string of the molecule is O=C(c1[nH]nc2ncc(Br)cc12)N1CCC1. The molecule has 82 valence electrons. The zero-order valence-corrected chi connectivity index (χ0v) is 9.99. The van der Waals surface area contributed by atoms with E-state index in [0.29, 0.717) is 11.3 Å². The summed E-state index contributed by atoms with van der Waals surface area (Å²) < 4.78 is 0.846. The maximum Gasteiger partial charge on any atom is 0.272 e. The van der Waals surface area contributed by atoms with Crippen LogP contribution < -0.4 is 0 Å². The number of pyridine rings is 1. The molecule has 0 bridgehead atoms. The maximum absolute atomic E-state index is 12.0. The lowest BCUT2D eigenvalue weighted by Gasteiger charge is -2.30. The standard InChI is InChI=1S/C10H9BrN4O/c11-6-4-7-8(10(16)15-2-1-3-15)13-14-9(7)12-5-6/h4-5H,1-3H2,(H,12,13,14). The van der Waals surface area contributed by atoms with E-state index in [-0.39, 0.29) is 5.91 Å². The third-order valence-corrected chi connectivity index (χ3v) is 3.17. The van der Waals surface area contributed by atoms with Crippen LogP contribution in [-0.4, -0.2) is 39.1 Å². The number of aromatic nitrogens is 3. The number of amides is 1. The molecule has 16 heavy (non-hydrogen) atoms. The van der Waals surface area contributed by atoms with Gasteiger partial charge in [-0.15, -0.1) is 0 Å². The molecule has 1 aliphatic heterocycles. The highest BCUT2D eigenvalue weighted by Gasteiger charge is 2.24. The average molecular weight is 281 g/mol. The number of carbonyl (C=O) groups is 1. The molecule has 1 saturated heterocycles. The molecule has 5 nitrogen and oxygen atoms in total. The highest BCUT2D eigenvalue weighted by molar-refractivity contribution is 9.10. The Kier molecular flexibility index (Phi) is 2.17. The van der Waals surface area contributed by atoms with Gasteiger partial charge in [-0.1, -0.05) is 0 Å². The summed E-state index contributed by atoms with van der Waals surface area (Å²) in [5.41, 5.74) is 1.11. The van der Waals surface area contributed by atoms with Crippen molar-refractivity contribution in [1.82, 2.24) is 20.1 Å². The largest absolute Gasteiger partial charge is 0.337 e. The van der Waals surface area contributed by atoms with Gasteiger partial charge in [-0.25, -0.2) is 4.98 Å². The van der Waals surface area contributed by atoms with E-state index in [0.717, 1.165) is 29.4 Å². The van der Waals surface area contributed by atoms with E-state index in [2.05, 4.69) is 31.1 Å². The molecule has 0 unspecified atom stereocenters. The summed E-state index contributed by atoms with van der Waals surface area (Å²) in [6, 6.07) is 1.86. The minimum absolute atomic E-state index is 0.00801. The van der Waals surface area contributed by atoms with Crippen molar-refractivity contribution in [2.45, 2.75) is 6.42 Å². The van der Waals surface area contributed by atoms with Crippen molar-refractivity contribution < 1.29 is 4.79 Å². The number of nitrogens with zero attached hydrogens (tertiary/aromatic N) is 3. The normalized spacial score (nSPS) is 15.2. The van der Waals surface area contributed by atoms with Crippen molar-refractivity contribution in [3.05, 3.63) is 22.4 Å². The quantitative estimate of drug-likeness (QED) is 0.863. The lowest BCUT2D eigenvalue weighted by atomic mass is 10.2. The highest BCUT2D eigenvalue weighted by Crippen LogP contribution is 2.21. The molecule has 6 heteroatoms. The van der Waals surface area contributed by atoms with E-state index in [1.54, 1.807) is 11.1 Å². The van der Waals surface area contributed by atoms with Crippen LogP contribution in [-0.2, 0) is 0 Å². The smallest absolute Gasteiger partial charge is 0.272 e. The van der Waals surface area contributed by atoms with Gasteiger partial charge < -0.3 is 4.90 Å². The first-order chi connectivity index (χ1) is 7.75. The fourth-order valence-electron chi connectivity index (χ4n) is 1.71. The first-order valence-corrected chi connectivity index (χ1v) is 5.84. The molecule has 3 rings (SSSR count). The van der Waals surface area contributed by atoms with E-state index >= 15 is 0 Å². The van der Waals surface area contributed by atoms with Crippen molar-refractivity contribution in [2.24, 2.45) is 0 Å². The molecular weight excluding hydrogens is 272 g/mol. The summed E-state index contributed by atoms with van der Waals surface area (Å²) >= 11 is 3.34. The molecule has 1 aliphatic rings. The van der Waals surface area contributed by atoms with Crippen molar-refractivity contribution >= 4 is 32.9 Å². The number of H-pyrrole nitrogens is 1. The van der Waals surface area contributed by atoms with Crippen LogP contribution >= 0.6 is 15.9 Å². The second kappa shape index (κ2) is 3.55. The molecule has 1 fully saturated rings. The zero-order chi connectivity index (χ0) is 11.1. The van der Waals surface area contributed by atoms with E-state index in [9.17, 15) is 4.79 Å². The topological polar surface area (TPSA) is 61.9 Å². The number of fused-ring (bicyclic) bond motifs is 1. The summed E-state index contributed by atoms with van der Waals surface area (Å²) in [6.45, 7) is 1.67. The second-order valence-corrected chi connectivity index (χ2v) is 4.68. The number of likely N-dealkylation sites (tertiary alicyclic amines) is 1. The average Bonchev–Trinajstić information content (AvgIpc) is 2.57. The van der Waals surface area contributed by atoms with Gasteiger partial charge in [0, 0.05) is 23.8 Å². The molecule has 0 atom stereocenters. The van der Waals surface area contributed by atoms with Gasteiger partial charge in [0.05, 0.1) is 5.39 Å². The van der Waals surface area contributed by atoms with Crippen LogP contribution in [0.5, 0.6) is 0 Å². The Hall–Kier alpha value is -1.43. The lowest BCUT2D eigenvalue weighted by Crippen LogP contribution is -2.42. The second-order valence-electron chi connectivity index (χ2n) is 3.77. The Balaban J connectivity index is 2.08. The van der Waals surface area contributed by atoms with Gasteiger partial charge in [-0.3, -0.25) is 9.89 Å². The number of carbonyl (C=O) groups excluding carboxylic acids is 1. The van der Waals surface area contributed by atoms with E-state index in [1.807, 2.05) is 6.07 Å². The van der Waals surface area contributed by atoms with Gasteiger partial charge in [0.15, 0.2) is 5.65 Å². The summed E-state index contributed by atoms with van der Waals surface area (Å²) in [6.07, 6.45) is 2.75. The molecule has 1 N–H and O–H groups in total. The van der Waals surface area contributed by atoms with Crippen molar-refractivity contribution in [2.75, 3.05) is 13.1 Å². The van der Waals surface area contributed by atoms with E-state index in [1.165, 1.54) is 0 Å². The Bertz CT molecular complexity index is 561. The number of nitrogens with one attached hydrogen (secondary N) is 1. The molecule has 0 aromatic carbocycles. The lowest BCUT2D eigenvalue weighted by molar-refractivity contribution is 0.0647. The molecule has 0 spiro atoms.